The molecule has 2 aromatic rings. The minimum Gasteiger partial charge on any atom is -0.478 e. The lowest BCUT2D eigenvalue weighted by atomic mass is 10.1. The highest BCUT2D eigenvalue weighted by Gasteiger charge is 2.17. The summed E-state index contributed by atoms with van der Waals surface area (Å²) in [5.74, 6) is 0.298. The van der Waals surface area contributed by atoms with Crippen LogP contribution < -0.4 is 5.32 Å². The molecule has 106 valence electrons. The first-order valence-electron chi connectivity index (χ1n) is 6.29. The van der Waals surface area contributed by atoms with E-state index in [9.17, 15) is 4.79 Å². The highest BCUT2D eigenvalue weighted by atomic mass is 16.5. The van der Waals surface area contributed by atoms with E-state index in [-0.39, 0.29) is 11.6 Å². The Bertz CT molecular complexity index is 630. The fraction of sp³-hybridized carbons (Fsp3) is 0.357. The quantitative estimate of drug-likeness (QED) is 0.892. The summed E-state index contributed by atoms with van der Waals surface area (Å²) < 4.78 is 5.14. The smallest absolute Gasteiger partial charge is 0.335 e. The third-order valence-corrected chi connectivity index (χ3v) is 3.09. The summed E-state index contributed by atoms with van der Waals surface area (Å²) in [7, 11) is 0. The van der Waals surface area contributed by atoms with Crippen LogP contribution in [0.25, 0.3) is 0 Å². The Morgan fingerprint density at radius 2 is 2.05 bits per heavy atom. The second kappa shape index (κ2) is 5.32. The first kappa shape index (κ1) is 14.0. The van der Waals surface area contributed by atoms with Crippen molar-refractivity contribution in [2.75, 3.05) is 5.32 Å². The normalized spacial score (nSPS) is 12.2. The van der Waals surface area contributed by atoms with Crippen LogP contribution in [-0.2, 0) is 0 Å². The summed E-state index contributed by atoms with van der Waals surface area (Å²) in [5, 5.41) is 16.2. The van der Waals surface area contributed by atoms with Crippen molar-refractivity contribution >= 4 is 11.8 Å². The number of rotatable bonds is 4. The maximum absolute atomic E-state index is 11.0. The molecule has 6 nitrogen and oxygen atoms in total. The average Bonchev–Trinajstić information content (AvgIpc) is 2.68. The number of pyridine rings is 1. The molecule has 6 heteroatoms. The number of carbonyl (C=O) groups is 1. The number of hydrogen-bond acceptors (Lipinski definition) is 5. The zero-order valence-electron chi connectivity index (χ0n) is 11.9. The van der Waals surface area contributed by atoms with Crippen LogP contribution in [-0.4, -0.2) is 21.2 Å². The first-order valence-corrected chi connectivity index (χ1v) is 6.29. The van der Waals surface area contributed by atoms with Gasteiger partial charge in [0.2, 0.25) is 0 Å². The van der Waals surface area contributed by atoms with Gasteiger partial charge < -0.3 is 14.9 Å². The van der Waals surface area contributed by atoms with Crippen LogP contribution in [0.1, 0.15) is 46.0 Å². The van der Waals surface area contributed by atoms with Crippen LogP contribution in [0.15, 0.2) is 16.7 Å². The van der Waals surface area contributed by atoms with Gasteiger partial charge in [-0.1, -0.05) is 5.16 Å². The summed E-state index contributed by atoms with van der Waals surface area (Å²) in [5.41, 5.74) is 2.64. The van der Waals surface area contributed by atoms with Gasteiger partial charge in [0.15, 0.2) is 0 Å². The Hall–Kier alpha value is -2.37. The van der Waals surface area contributed by atoms with Gasteiger partial charge in [-0.05, 0) is 39.8 Å². The van der Waals surface area contributed by atoms with Gasteiger partial charge in [0, 0.05) is 11.3 Å². The number of nitrogens with zero attached hydrogens (tertiary/aromatic N) is 2. The molecule has 0 radical (unpaired) electrons. The van der Waals surface area contributed by atoms with Crippen molar-refractivity contribution in [1.29, 1.82) is 0 Å². The lowest BCUT2D eigenvalue weighted by Crippen LogP contribution is -2.11. The maximum atomic E-state index is 11.0. The van der Waals surface area contributed by atoms with E-state index in [1.54, 1.807) is 6.92 Å². The number of aromatic nitrogens is 2. The average molecular weight is 275 g/mol. The SMILES string of the molecule is Cc1cc(C(=O)O)cc(NC(C)c2c(C)noc2C)n1. The number of carboxylic acid groups (broad SMARTS) is 1. The Morgan fingerprint density at radius 3 is 2.60 bits per heavy atom. The van der Waals surface area contributed by atoms with Crippen molar-refractivity contribution < 1.29 is 14.4 Å². The molecule has 0 aliphatic heterocycles. The summed E-state index contributed by atoms with van der Waals surface area (Å²) in [6.45, 7) is 7.44. The molecule has 2 heterocycles. The number of nitrogens with one attached hydrogen (secondary N) is 1. The summed E-state index contributed by atoms with van der Waals surface area (Å²) in [6, 6.07) is 2.98. The lowest BCUT2D eigenvalue weighted by molar-refractivity contribution is 0.0696. The highest BCUT2D eigenvalue weighted by Crippen LogP contribution is 2.24. The van der Waals surface area contributed by atoms with Crippen molar-refractivity contribution in [2.45, 2.75) is 33.7 Å². The zero-order chi connectivity index (χ0) is 14.9. The van der Waals surface area contributed by atoms with Gasteiger partial charge in [0.1, 0.15) is 11.6 Å². The van der Waals surface area contributed by atoms with Gasteiger partial charge in [-0.25, -0.2) is 9.78 Å². The molecule has 20 heavy (non-hydrogen) atoms. The topological polar surface area (TPSA) is 88.2 Å². The van der Waals surface area contributed by atoms with Crippen molar-refractivity contribution in [2.24, 2.45) is 0 Å². The van der Waals surface area contributed by atoms with Crippen molar-refractivity contribution in [1.82, 2.24) is 10.1 Å². The molecular weight excluding hydrogens is 258 g/mol. The fourth-order valence-corrected chi connectivity index (χ4v) is 2.27. The molecule has 0 aliphatic carbocycles. The molecule has 2 aromatic heterocycles. The Balaban J connectivity index is 2.28. The van der Waals surface area contributed by atoms with Crippen molar-refractivity contribution in [3.8, 4) is 0 Å². The van der Waals surface area contributed by atoms with Gasteiger partial charge in [0.05, 0.1) is 17.3 Å². The minimum absolute atomic E-state index is 0.0720. The second-order valence-corrected chi connectivity index (χ2v) is 4.79. The molecule has 0 fully saturated rings. The summed E-state index contributed by atoms with van der Waals surface area (Å²) in [4.78, 5) is 15.3. The fourth-order valence-electron chi connectivity index (χ4n) is 2.27. The van der Waals surface area contributed by atoms with E-state index in [4.69, 9.17) is 9.63 Å². The number of carboxylic acids is 1. The molecule has 0 spiro atoms. The van der Waals surface area contributed by atoms with E-state index in [1.807, 2.05) is 20.8 Å². The zero-order valence-corrected chi connectivity index (χ0v) is 11.9. The Labute approximate surface area is 116 Å². The minimum atomic E-state index is -0.969. The van der Waals surface area contributed by atoms with Gasteiger partial charge in [-0.2, -0.15) is 0 Å². The van der Waals surface area contributed by atoms with Crippen LogP contribution in [0.4, 0.5) is 5.82 Å². The molecule has 2 rings (SSSR count). The number of anilines is 1. The molecule has 1 atom stereocenters. The molecule has 0 amide bonds. The maximum Gasteiger partial charge on any atom is 0.335 e. The molecule has 0 aromatic carbocycles. The summed E-state index contributed by atoms with van der Waals surface area (Å²) in [6.07, 6.45) is 0. The van der Waals surface area contributed by atoms with E-state index in [0.717, 1.165) is 17.0 Å². The van der Waals surface area contributed by atoms with Crippen LogP contribution in [0.5, 0.6) is 0 Å². The molecule has 0 bridgehead atoms. The van der Waals surface area contributed by atoms with Gasteiger partial charge in [0.25, 0.3) is 0 Å². The van der Waals surface area contributed by atoms with Crippen LogP contribution in [0.3, 0.4) is 0 Å². The van der Waals surface area contributed by atoms with E-state index in [1.165, 1.54) is 12.1 Å². The lowest BCUT2D eigenvalue weighted by Gasteiger charge is -2.15. The monoisotopic (exact) mass is 275 g/mol. The Morgan fingerprint density at radius 1 is 1.35 bits per heavy atom. The molecule has 0 aliphatic rings. The predicted octanol–water partition coefficient (Wildman–Crippen LogP) is 2.87. The van der Waals surface area contributed by atoms with Crippen LogP contribution in [0.2, 0.25) is 0 Å². The van der Waals surface area contributed by atoms with Crippen molar-refractivity contribution in [3.05, 3.63) is 40.4 Å². The second-order valence-electron chi connectivity index (χ2n) is 4.79. The van der Waals surface area contributed by atoms with Crippen LogP contribution in [0, 0.1) is 20.8 Å². The first-order chi connectivity index (χ1) is 9.38. The van der Waals surface area contributed by atoms with E-state index < -0.39 is 5.97 Å². The predicted molar refractivity (Wildman–Crippen MR) is 73.9 cm³/mol. The van der Waals surface area contributed by atoms with Gasteiger partial charge >= 0.3 is 5.97 Å². The van der Waals surface area contributed by atoms with Crippen molar-refractivity contribution in [3.63, 3.8) is 0 Å². The van der Waals surface area contributed by atoms with Crippen LogP contribution >= 0.6 is 0 Å². The summed E-state index contributed by atoms with van der Waals surface area (Å²) >= 11 is 0. The molecular formula is C14H17N3O3. The number of aryl methyl sites for hydroxylation is 3. The van der Waals surface area contributed by atoms with Gasteiger partial charge in [-0.3, -0.25) is 0 Å². The Kier molecular flexibility index (Phi) is 3.74. The highest BCUT2D eigenvalue weighted by molar-refractivity contribution is 5.88. The van der Waals surface area contributed by atoms with E-state index >= 15 is 0 Å². The standard InChI is InChI=1S/C14H17N3O3/c1-7-5-11(14(18)19)6-12(15-7)16-8(2)13-9(3)17-20-10(13)4/h5-6,8H,1-4H3,(H,15,16)(H,18,19). The molecule has 0 saturated heterocycles. The third-order valence-electron chi connectivity index (χ3n) is 3.09. The largest absolute Gasteiger partial charge is 0.478 e. The number of hydrogen-bond donors (Lipinski definition) is 2. The third kappa shape index (κ3) is 2.79. The molecule has 1 unspecified atom stereocenters. The number of aromatic carboxylic acids is 1. The van der Waals surface area contributed by atoms with E-state index in [0.29, 0.717) is 11.5 Å². The molecule has 0 saturated carbocycles. The van der Waals surface area contributed by atoms with Gasteiger partial charge in [-0.15, -0.1) is 0 Å². The molecule has 2 N–H and O–H groups in total. The van der Waals surface area contributed by atoms with E-state index in [2.05, 4.69) is 15.5 Å².